The highest BCUT2D eigenvalue weighted by Crippen LogP contribution is 1.83. The largest absolute Gasteiger partial charge is 0.396 e. The van der Waals surface area contributed by atoms with Gasteiger partial charge in [-0.15, -0.1) is 5.28 Å². The van der Waals surface area contributed by atoms with Gasteiger partial charge in [0, 0.05) is 13.2 Å². The molecule has 13 heavy (non-hydrogen) atoms. The van der Waals surface area contributed by atoms with E-state index in [-0.39, 0.29) is 0 Å². The van der Waals surface area contributed by atoms with Crippen LogP contribution in [0.3, 0.4) is 0 Å². The third kappa shape index (κ3) is 68.6. The molecule has 0 fully saturated rings. The quantitative estimate of drug-likeness (QED) is 0.674. The van der Waals surface area contributed by atoms with Crippen molar-refractivity contribution >= 4 is 16.3 Å². The summed E-state index contributed by atoms with van der Waals surface area (Å²) in [5.41, 5.74) is 0. The molecule has 0 aliphatic heterocycles. The molecule has 0 bridgehead atoms. The van der Waals surface area contributed by atoms with E-state index in [2.05, 4.69) is 23.2 Å². The van der Waals surface area contributed by atoms with E-state index in [1.807, 2.05) is 27.7 Å². The van der Waals surface area contributed by atoms with Gasteiger partial charge in [-0.05, 0) is 11.8 Å². The highest BCUT2D eigenvalue weighted by Gasteiger charge is 1.82. The second-order valence-electron chi connectivity index (χ2n) is 3.56. The monoisotopic (exact) mass is 204 g/mol. The number of hydrogen-bond acceptors (Lipinski definition) is 2. The summed E-state index contributed by atoms with van der Waals surface area (Å²) in [6.07, 6.45) is 0. The van der Waals surface area contributed by atoms with Crippen LogP contribution in [0.5, 0.6) is 0 Å². The van der Waals surface area contributed by atoms with Gasteiger partial charge >= 0.3 is 0 Å². The Balaban J connectivity index is -0.000000120. The minimum atomic E-state index is 0.306. The summed E-state index contributed by atoms with van der Waals surface area (Å²) in [6.45, 7) is 10.6. The number of hydrogen-bond donors (Lipinski definition) is 2. The lowest BCUT2D eigenvalue weighted by atomic mass is 10.2. The van der Waals surface area contributed by atoms with E-state index in [4.69, 9.17) is 10.2 Å². The normalized spacial score (nSPS) is 8.69. The average molecular weight is 204 g/mol. The van der Waals surface area contributed by atoms with Crippen LogP contribution < -0.4 is 0 Å². The predicted molar refractivity (Wildman–Crippen MR) is 60.1 cm³/mol. The van der Waals surface area contributed by atoms with Gasteiger partial charge in [0.2, 0.25) is 0 Å². The lowest BCUT2D eigenvalue weighted by Gasteiger charge is -1.90. The maximum absolute atomic E-state index is 8.14. The molecule has 0 aromatic rings. The lowest BCUT2D eigenvalue weighted by molar-refractivity contribution is 0.248. The van der Waals surface area contributed by atoms with Crippen molar-refractivity contribution in [2.24, 2.45) is 11.8 Å². The number of aliphatic hydroxyl groups is 2. The van der Waals surface area contributed by atoms with E-state index >= 15 is 0 Å². The Bertz CT molecular complexity index is 57.9. The second kappa shape index (κ2) is 18.3. The molecule has 0 rings (SSSR count). The van der Waals surface area contributed by atoms with Gasteiger partial charge < -0.3 is 10.2 Å². The minimum absolute atomic E-state index is 0.306. The predicted octanol–water partition coefficient (Wildman–Crippen LogP) is 1.86. The summed E-state index contributed by atoms with van der Waals surface area (Å²) in [7, 11) is 0. The van der Waals surface area contributed by atoms with E-state index in [0.717, 1.165) is 0 Å². The summed E-state index contributed by atoms with van der Waals surface area (Å²) >= 11 is 2.58. The van der Waals surface area contributed by atoms with Crippen molar-refractivity contribution < 1.29 is 10.2 Å². The van der Waals surface area contributed by atoms with Crippen LogP contribution in [-0.2, 0) is 0 Å². The fourth-order valence-corrected chi connectivity index (χ4v) is 0. The molecule has 0 spiro atoms. The zero-order valence-electron chi connectivity index (χ0n) is 9.75. The molecule has 0 unspecified atom stereocenters. The van der Waals surface area contributed by atoms with Crippen LogP contribution in [-0.4, -0.2) is 39.7 Å². The molecule has 0 aromatic carbocycles. The third-order valence-corrected chi connectivity index (χ3v) is 0.730. The SMILES string of the molecule is CC(C)CO.CC(C)CO.C[CH2][Al]. The Hall–Kier alpha value is 0.452. The summed E-state index contributed by atoms with van der Waals surface area (Å²) in [5.74, 6) is 0.880. The molecule has 0 saturated heterocycles. The van der Waals surface area contributed by atoms with Gasteiger partial charge in [0.25, 0.3) is 0 Å². The van der Waals surface area contributed by atoms with Gasteiger partial charge in [0.15, 0.2) is 0 Å². The first kappa shape index (κ1) is 19.1. The van der Waals surface area contributed by atoms with E-state index in [0.29, 0.717) is 25.0 Å². The average Bonchev–Trinajstić information content (AvgIpc) is 2.07. The summed E-state index contributed by atoms with van der Waals surface area (Å²) < 4.78 is 0. The molecule has 80 valence electrons. The third-order valence-electron chi connectivity index (χ3n) is 0.730. The Morgan fingerprint density at radius 2 is 1.00 bits per heavy atom. The molecule has 2 radical (unpaired) electrons. The van der Waals surface area contributed by atoms with E-state index in [1.165, 1.54) is 5.28 Å². The van der Waals surface area contributed by atoms with Gasteiger partial charge in [0.1, 0.15) is 16.3 Å². The summed E-state index contributed by atoms with van der Waals surface area (Å²) in [5, 5.41) is 17.5. The number of aliphatic hydroxyl groups excluding tert-OH is 2. The summed E-state index contributed by atoms with van der Waals surface area (Å²) in [4.78, 5) is 0. The van der Waals surface area contributed by atoms with Crippen molar-refractivity contribution in [1.82, 2.24) is 0 Å². The van der Waals surface area contributed by atoms with Gasteiger partial charge in [-0.25, -0.2) is 0 Å². The second-order valence-corrected chi connectivity index (χ2v) is 4.38. The van der Waals surface area contributed by atoms with Crippen molar-refractivity contribution in [2.45, 2.75) is 39.9 Å². The molecule has 0 amide bonds. The van der Waals surface area contributed by atoms with E-state index < -0.39 is 0 Å². The van der Waals surface area contributed by atoms with Crippen LogP contribution >= 0.6 is 0 Å². The zero-order chi connectivity index (χ0) is 11.3. The smallest absolute Gasteiger partial charge is 0.117 e. The molecule has 0 aliphatic rings. The van der Waals surface area contributed by atoms with Gasteiger partial charge in [-0.2, -0.15) is 0 Å². The fourth-order valence-electron chi connectivity index (χ4n) is 0. The van der Waals surface area contributed by atoms with Crippen LogP contribution in [0, 0.1) is 11.8 Å². The van der Waals surface area contributed by atoms with Crippen LogP contribution in [0.4, 0.5) is 0 Å². The first-order valence-corrected chi connectivity index (χ1v) is 5.69. The molecule has 3 heteroatoms. The molecule has 0 atom stereocenters. The van der Waals surface area contributed by atoms with Gasteiger partial charge in [-0.1, -0.05) is 34.6 Å². The molecule has 0 aliphatic carbocycles. The number of rotatable bonds is 2. The maximum Gasteiger partial charge on any atom is 0.117 e. The van der Waals surface area contributed by atoms with Crippen molar-refractivity contribution in [3.05, 3.63) is 0 Å². The summed E-state index contributed by atoms with van der Waals surface area (Å²) in [6, 6.07) is 0. The van der Waals surface area contributed by atoms with Crippen molar-refractivity contribution in [3.63, 3.8) is 0 Å². The maximum atomic E-state index is 8.14. The van der Waals surface area contributed by atoms with E-state index in [9.17, 15) is 0 Å². The molecular formula is C10H25AlO2. The van der Waals surface area contributed by atoms with Crippen molar-refractivity contribution in [2.75, 3.05) is 13.2 Å². The topological polar surface area (TPSA) is 40.5 Å². The highest BCUT2D eigenvalue weighted by molar-refractivity contribution is 6.08. The lowest BCUT2D eigenvalue weighted by Crippen LogP contribution is -1.90. The molecule has 2 N–H and O–H groups in total. The Kier molecular flexibility index (Phi) is 26.8. The molecule has 0 saturated carbocycles. The van der Waals surface area contributed by atoms with Crippen LogP contribution in [0.25, 0.3) is 0 Å². The first-order valence-electron chi connectivity index (χ1n) is 4.87. The van der Waals surface area contributed by atoms with Crippen LogP contribution in [0.2, 0.25) is 5.28 Å². The Labute approximate surface area is 91.8 Å². The highest BCUT2D eigenvalue weighted by atomic mass is 27.0. The van der Waals surface area contributed by atoms with Gasteiger partial charge in [0.05, 0.1) is 0 Å². The van der Waals surface area contributed by atoms with Crippen molar-refractivity contribution in [3.8, 4) is 0 Å². The molecule has 2 nitrogen and oxygen atoms in total. The van der Waals surface area contributed by atoms with Crippen molar-refractivity contribution in [1.29, 1.82) is 0 Å². The van der Waals surface area contributed by atoms with E-state index in [1.54, 1.807) is 0 Å². The molecule has 0 aromatic heterocycles. The fraction of sp³-hybridized carbons (Fsp3) is 1.00. The minimum Gasteiger partial charge on any atom is -0.396 e. The Morgan fingerprint density at radius 1 is 0.923 bits per heavy atom. The zero-order valence-corrected chi connectivity index (χ0v) is 10.9. The van der Waals surface area contributed by atoms with Crippen LogP contribution in [0.15, 0.2) is 0 Å². The molecular weight excluding hydrogens is 179 g/mol. The van der Waals surface area contributed by atoms with Crippen LogP contribution in [0.1, 0.15) is 34.6 Å². The Morgan fingerprint density at radius 3 is 1.00 bits per heavy atom. The first-order chi connectivity index (χ1) is 5.95. The standard InChI is InChI=1S/2C4H10O.C2H5.Al/c2*1-4(2)3-5;1-2;/h2*4-5H,3H2,1-2H3;1H2,2H3;. The molecule has 0 heterocycles. The van der Waals surface area contributed by atoms with Gasteiger partial charge in [-0.3, -0.25) is 0 Å².